The Bertz CT molecular complexity index is 1920. The first-order valence-corrected chi connectivity index (χ1v) is 14.2. The SMILES string of the molecule is COc1cccc(C(=O)[C@H]2[C@H](C(=O)c3ccc([N+](=O)[O-])cc3)N3c4ccccc4C(C)=C[C@H]3[C@]23C(=O)Nc2ccccc23)c1. The fourth-order valence-electron chi connectivity index (χ4n) is 7.26. The zero-order valence-electron chi connectivity index (χ0n) is 23.9. The smallest absolute Gasteiger partial charge is 0.269 e. The number of nitrogens with one attached hydrogen (secondary N) is 1. The van der Waals surface area contributed by atoms with Crippen molar-refractivity contribution in [1.82, 2.24) is 0 Å². The van der Waals surface area contributed by atoms with E-state index in [9.17, 15) is 24.5 Å². The number of fused-ring (bicyclic) bond motifs is 6. The molecule has 218 valence electrons. The molecule has 44 heavy (non-hydrogen) atoms. The first kappa shape index (κ1) is 27.3. The lowest BCUT2D eigenvalue weighted by molar-refractivity contribution is -0.384. The summed E-state index contributed by atoms with van der Waals surface area (Å²) in [6, 6.07) is 25.2. The highest BCUT2D eigenvalue weighted by atomic mass is 16.6. The third-order valence-electron chi connectivity index (χ3n) is 9.15. The number of rotatable bonds is 6. The summed E-state index contributed by atoms with van der Waals surface area (Å²) < 4.78 is 5.42. The van der Waals surface area contributed by atoms with E-state index in [2.05, 4.69) is 5.32 Å². The molecule has 0 radical (unpaired) electrons. The summed E-state index contributed by atoms with van der Waals surface area (Å²) in [5, 5.41) is 14.4. The van der Waals surface area contributed by atoms with E-state index in [1.54, 1.807) is 30.3 Å². The lowest BCUT2D eigenvalue weighted by atomic mass is 9.64. The van der Waals surface area contributed by atoms with E-state index in [4.69, 9.17) is 4.74 Å². The van der Waals surface area contributed by atoms with Crippen LogP contribution in [0.2, 0.25) is 0 Å². The summed E-state index contributed by atoms with van der Waals surface area (Å²) in [6.45, 7) is 1.97. The third-order valence-corrected chi connectivity index (χ3v) is 9.15. The molecule has 0 saturated carbocycles. The van der Waals surface area contributed by atoms with Crippen molar-refractivity contribution in [3.8, 4) is 5.75 Å². The van der Waals surface area contributed by atoms with Gasteiger partial charge in [-0.15, -0.1) is 0 Å². The van der Waals surface area contributed by atoms with Crippen molar-refractivity contribution in [3.05, 3.63) is 136 Å². The van der Waals surface area contributed by atoms with E-state index in [0.29, 0.717) is 22.6 Å². The normalized spacial score (nSPS) is 22.9. The van der Waals surface area contributed by atoms with Crippen molar-refractivity contribution in [2.45, 2.75) is 24.4 Å². The molecule has 4 atom stereocenters. The molecule has 0 aromatic heterocycles. The number of ketones is 2. The molecule has 0 unspecified atom stereocenters. The number of benzene rings is 4. The standard InChI is InChI=1S/C35H27N3O6/c1-20-18-29-35(26-11-4-5-12-27(26)36-34(35)41)30(32(39)22-8-7-9-24(19-22)44-2)31(37(29)28-13-6-3-10-25(20)28)33(40)21-14-16-23(17-15-21)38(42)43/h3-19,29-31H,1-2H3,(H,36,41)/t29-,30+,31+,35-/m0/s1. The van der Waals surface area contributed by atoms with Gasteiger partial charge in [-0.25, -0.2) is 0 Å². The Hall–Kier alpha value is -5.57. The summed E-state index contributed by atoms with van der Waals surface area (Å²) in [6.07, 6.45) is 1.99. The summed E-state index contributed by atoms with van der Waals surface area (Å²) in [5.74, 6) is -1.85. The van der Waals surface area contributed by atoms with Crippen LogP contribution in [0.5, 0.6) is 5.75 Å². The van der Waals surface area contributed by atoms with Crippen molar-refractivity contribution in [3.63, 3.8) is 0 Å². The predicted octanol–water partition coefficient (Wildman–Crippen LogP) is 5.85. The molecule has 0 aliphatic carbocycles. The summed E-state index contributed by atoms with van der Waals surface area (Å²) in [7, 11) is 1.51. The molecule has 3 heterocycles. The van der Waals surface area contributed by atoms with Gasteiger partial charge < -0.3 is 15.0 Å². The molecule has 1 spiro atoms. The van der Waals surface area contributed by atoms with Gasteiger partial charge in [-0.2, -0.15) is 0 Å². The molecule has 0 bridgehead atoms. The van der Waals surface area contributed by atoms with E-state index in [1.807, 2.05) is 60.4 Å². The molecule has 9 heteroatoms. The molecule has 4 aromatic carbocycles. The van der Waals surface area contributed by atoms with E-state index in [1.165, 1.54) is 31.4 Å². The van der Waals surface area contributed by atoms with Crippen LogP contribution in [0.25, 0.3) is 5.57 Å². The minimum absolute atomic E-state index is 0.155. The van der Waals surface area contributed by atoms with Crippen LogP contribution in [0.3, 0.4) is 0 Å². The highest BCUT2D eigenvalue weighted by Crippen LogP contribution is 2.58. The van der Waals surface area contributed by atoms with Crippen LogP contribution < -0.4 is 15.0 Å². The van der Waals surface area contributed by atoms with E-state index in [-0.39, 0.29) is 22.9 Å². The third kappa shape index (κ3) is 3.75. The first-order valence-electron chi connectivity index (χ1n) is 14.2. The molecule has 7 rings (SSSR count). The zero-order chi connectivity index (χ0) is 30.7. The number of nitrogens with zero attached hydrogens (tertiary/aromatic N) is 2. The summed E-state index contributed by atoms with van der Waals surface area (Å²) in [5.41, 5.74) is 2.67. The van der Waals surface area contributed by atoms with Crippen molar-refractivity contribution >= 4 is 40.1 Å². The molecule has 1 saturated heterocycles. The van der Waals surface area contributed by atoms with E-state index in [0.717, 1.165) is 16.8 Å². The van der Waals surface area contributed by atoms with Gasteiger partial charge in [-0.3, -0.25) is 24.5 Å². The maximum absolute atomic E-state index is 14.9. The number of allylic oxidation sites excluding steroid dienone is 1. The molecule has 1 amide bonds. The number of methoxy groups -OCH3 is 1. The number of hydrogen-bond acceptors (Lipinski definition) is 7. The number of non-ortho nitro benzene ring substituents is 1. The van der Waals surface area contributed by atoms with Gasteiger partial charge in [0.1, 0.15) is 17.2 Å². The minimum atomic E-state index is -1.47. The number of nitro benzene ring substituents is 1. The number of carbonyl (C=O) groups is 3. The highest BCUT2D eigenvalue weighted by Gasteiger charge is 2.70. The van der Waals surface area contributed by atoms with Crippen molar-refractivity contribution in [2.24, 2.45) is 5.92 Å². The van der Waals surface area contributed by atoms with Crippen molar-refractivity contribution in [1.29, 1.82) is 0 Å². The first-order chi connectivity index (χ1) is 21.3. The van der Waals surface area contributed by atoms with Crippen LogP contribution in [0, 0.1) is 16.0 Å². The second kappa shape index (κ2) is 10.0. The number of nitro groups is 1. The van der Waals surface area contributed by atoms with Gasteiger partial charge in [0.25, 0.3) is 5.69 Å². The van der Waals surface area contributed by atoms with Gasteiger partial charge >= 0.3 is 0 Å². The summed E-state index contributed by atoms with van der Waals surface area (Å²) in [4.78, 5) is 56.9. The van der Waals surface area contributed by atoms with Gasteiger partial charge in [0, 0.05) is 40.2 Å². The Morgan fingerprint density at radius 1 is 0.909 bits per heavy atom. The Balaban J connectivity index is 1.53. The second-order valence-corrected chi connectivity index (χ2v) is 11.3. The van der Waals surface area contributed by atoms with Crippen LogP contribution >= 0.6 is 0 Å². The lowest BCUT2D eigenvalue weighted by Crippen LogP contribution is -2.51. The maximum Gasteiger partial charge on any atom is 0.269 e. The number of Topliss-reactive ketones (excluding diaryl/α,β-unsaturated/α-hetero) is 2. The molecule has 1 N–H and O–H groups in total. The lowest BCUT2D eigenvalue weighted by Gasteiger charge is -2.39. The van der Waals surface area contributed by atoms with Gasteiger partial charge in [-0.1, -0.05) is 54.6 Å². The number of para-hydroxylation sites is 2. The monoisotopic (exact) mass is 585 g/mol. The van der Waals surface area contributed by atoms with Crippen molar-refractivity contribution < 1.29 is 24.0 Å². The number of amides is 1. The average Bonchev–Trinajstić information content (AvgIpc) is 3.52. The number of ether oxygens (including phenoxy) is 1. The van der Waals surface area contributed by atoms with Gasteiger partial charge in [-0.05, 0) is 54.5 Å². The van der Waals surface area contributed by atoms with E-state index >= 15 is 0 Å². The predicted molar refractivity (Wildman–Crippen MR) is 165 cm³/mol. The molecular weight excluding hydrogens is 558 g/mol. The van der Waals surface area contributed by atoms with Crippen LogP contribution in [-0.2, 0) is 10.2 Å². The number of hydrogen-bond donors (Lipinski definition) is 1. The Labute approximate surface area is 252 Å². The molecule has 1 fully saturated rings. The maximum atomic E-state index is 14.9. The van der Waals surface area contributed by atoms with Gasteiger partial charge in [0.05, 0.1) is 24.0 Å². The summed E-state index contributed by atoms with van der Waals surface area (Å²) >= 11 is 0. The second-order valence-electron chi connectivity index (χ2n) is 11.3. The Kier molecular flexibility index (Phi) is 6.21. The quantitative estimate of drug-likeness (QED) is 0.171. The van der Waals surface area contributed by atoms with Crippen LogP contribution in [0.15, 0.2) is 103 Å². The molecule has 4 aromatic rings. The number of anilines is 2. The van der Waals surface area contributed by atoms with Crippen LogP contribution in [0.4, 0.5) is 17.1 Å². The Morgan fingerprint density at radius 2 is 1.64 bits per heavy atom. The minimum Gasteiger partial charge on any atom is -0.497 e. The number of carbonyl (C=O) groups excluding carboxylic acids is 3. The van der Waals surface area contributed by atoms with Crippen LogP contribution in [0.1, 0.15) is 38.8 Å². The average molecular weight is 586 g/mol. The fraction of sp³-hybridized carbons (Fsp3) is 0.171. The topological polar surface area (TPSA) is 119 Å². The molecular formula is C35H27N3O6. The molecule has 9 nitrogen and oxygen atoms in total. The highest BCUT2D eigenvalue weighted by molar-refractivity contribution is 6.18. The Morgan fingerprint density at radius 3 is 2.39 bits per heavy atom. The van der Waals surface area contributed by atoms with Gasteiger partial charge in [0.15, 0.2) is 11.6 Å². The fourth-order valence-corrected chi connectivity index (χ4v) is 7.26. The van der Waals surface area contributed by atoms with E-state index < -0.39 is 34.1 Å². The largest absolute Gasteiger partial charge is 0.497 e. The zero-order valence-corrected chi connectivity index (χ0v) is 23.9. The van der Waals surface area contributed by atoms with Gasteiger partial charge in [0.2, 0.25) is 5.91 Å². The molecule has 3 aliphatic rings. The molecule has 3 aliphatic heterocycles. The van der Waals surface area contributed by atoms with Crippen LogP contribution in [-0.4, -0.2) is 41.6 Å². The van der Waals surface area contributed by atoms with Crippen molar-refractivity contribution in [2.75, 3.05) is 17.3 Å².